The molecule has 6 heteroatoms. The third-order valence-corrected chi connectivity index (χ3v) is 2.03. The van der Waals surface area contributed by atoms with Crippen molar-refractivity contribution in [3.8, 4) is 0 Å². The summed E-state index contributed by atoms with van der Waals surface area (Å²) >= 11 is 0. The summed E-state index contributed by atoms with van der Waals surface area (Å²) in [5, 5.41) is 8.82. The number of hydrogen-bond donors (Lipinski definition) is 2. The van der Waals surface area contributed by atoms with Crippen LogP contribution in [0.15, 0.2) is 18.5 Å². The fourth-order valence-corrected chi connectivity index (χ4v) is 1.25. The molecule has 0 radical (unpaired) electrons. The normalized spacial score (nSPS) is 12.9. The van der Waals surface area contributed by atoms with E-state index in [-0.39, 0.29) is 5.56 Å². The molecule has 1 aromatic heterocycles. The zero-order valence-electron chi connectivity index (χ0n) is 10.5. The largest absolute Gasteiger partial charge is 0.478 e. The standard InChI is InChI=1S/C12H16N2O4/c1-12(2,3)18-11(17)9(13)7-4-8(10(15)16)6-14-5-7/h4-6,9H,13H2,1-3H3,(H,15,16). The van der Waals surface area contributed by atoms with Gasteiger partial charge >= 0.3 is 11.9 Å². The lowest BCUT2D eigenvalue weighted by atomic mass is 10.1. The van der Waals surface area contributed by atoms with Gasteiger partial charge in [-0.25, -0.2) is 9.59 Å². The van der Waals surface area contributed by atoms with E-state index in [0.717, 1.165) is 0 Å². The van der Waals surface area contributed by atoms with Gasteiger partial charge in [-0.2, -0.15) is 0 Å². The van der Waals surface area contributed by atoms with Crippen LogP contribution in [-0.4, -0.2) is 27.6 Å². The van der Waals surface area contributed by atoms with Gasteiger partial charge in [0, 0.05) is 12.4 Å². The zero-order valence-corrected chi connectivity index (χ0v) is 10.5. The number of carboxylic acid groups (broad SMARTS) is 1. The molecule has 0 aliphatic heterocycles. The highest BCUT2D eigenvalue weighted by Gasteiger charge is 2.24. The molecule has 1 heterocycles. The number of hydrogen-bond acceptors (Lipinski definition) is 5. The van der Waals surface area contributed by atoms with Gasteiger partial charge in [0.05, 0.1) is 5.56 Å². The molecule has 6 nitrogen and oxygen atoms in total. The Morgan fingerprint density at radius 2 is 2.00 bits per heavy atom. The van der Waals surface area contributed by atoms with Gasteiger partial charge in [0.2, 0.25) is 0 Å². The van der Waals surface area contributed by atoms with Crippen molar-refractivity contribution in [3.05, 3.63) is 29.6 Å². The number of nitrogens with zero attached hydrogens (tertiary/aromatic N) is 1. The van der Waals surface area contributed by atoms with Crippen LogP contribution in [0.4, 0.5) is 0 Å². The number of ether oxygens (including phenoxy) is 1. The fraction of sp³-hybridized carbons (Fsp3) is 0.417. The lowest BCUT2D eigenvalue weighted by Crippen LogP contribution is -2.31. The molecule has 0 saturated carbocycles. The van der Waals surface area contributed by atoms with Crippen molar-refractivity contribution < 1.29 is 19.4 Å². The molecule has 1 rings (SSSR count). The Labute approximate surface area is 105 Å². The van der Waals surface area contributed by atoms with Crippen molar-refractivity contribution in [2.24, 2.45) is 5.73 Å². The van der Waals surface area contributed by atoms with Crippen LogP contribution >= 0.6 is 0 Å². The van der Waals surface area contributed by atoms with Crippen molar-refractivity contribution in [1.82, 2.24) is 4.98 Å². The Balaban J connectivity index is 2.90. The monoisotopic (exact) mass is 252 g/mol. The van der Waals surface area contributed by atoms with Gasteiger partial charge in [-0.05, 0) is 32.4 Å². The molecular formula is C12H16N2O4. The number of aromatic carboxylic acids is 1. The molecule has 0 spiro atoms. The molecule has 0 fully saturated rings. The van der Waals surface area contributed by atoms with Crippen LogP contribution in [0.3, 0.4) is 0 Å². The third-order valence-electron chi connectivity index (χ3n) is 2.03. The molecule has 3 N–H and O–H groups in total. The summed E-state index contributed by atoms with van der Waals surface area (Å²) in [5.74, 6) is -1.74. The molecule has 1 aromatic rings. The lowest BCUT2D eigenvalue weighted by Gasteiger charge is -2.22. The van der Waals surface area contributed by atoms with E-state index in [1.165, 1.54) is 18.5 Å². The fourth-order valence-electron chi connectivity index (χ4n) is 1.25. The predicted molar refractivity (Wildman–Crippen MR) is 64.0 cm³/mol. The van der Waals surface area contributed by atoms with Crippen LogP contribution in [0, 0.1) is 0 Å². The van der Waals surface area contributed by atoms with Crippen LogP contribution in [-0.2, 0) is 9.53 Å². The summed E-state index contributed by atoms with van der Waals surface area (Å²) in [6.45, 7) is 5.18. The molecule has 98 valence electrons. The Bertz CT molecular complexity index is 465. The minimum atomic E-state index is -1.12. The van der Waals surface area contributed by atoms with Crippen molar-refractivity contribution in [2.45, 2.75) is 32.4 Å². The van der Waals surface area contributed by atoms with Crippen LogP contribution in [0.1, 0.15) is 42.7 Å². The first kappa shape index (κ1) is 14.1. The van der Waals surface area contributed by atoms with Gasteiger partial charge in [-0.15, -0.1) is 0 Å². The van der Waals surface area contributed by atoms with E-state index in [2.05, 4.69) is 4.98 Å². The second kappa shape index (κ2) is 5.14. The quantitative estimate of drug-likeness (QED) is 0.781. The summed E-state index contributed by atoms with van der Waals surface area (Å²) in [4.78, 5) is 26.2. The first-order valence-electron chi connectivity index (χ1n) is 5.37. The van der Waals surface area contributed by atoms with Crippen molar-refractivity contribution >= 4 is 11.9 Å². The number of nitrogens with two attached hydrogens (primary N) is 1. The van der Waals surface area contributed by atoms with Crippen molar-refractivity contribution in [2.75, 3.05) is 0 Å². The molecule has 0 saturated heterocycles. The van der Waals surface area contributed by atoms with Gasteiger partial charge in [0.1, 0.15) is 11.6 Å². The van der Waals surface area contributed by atoms with E-state index in [9.17, 15) is 9.59 Å². The van der Waals surface area contributed by atoms with Gasteiger partial charge < -0.3 is 15.6 Å². The van der Waals surface area contributed by atoms with Gasteiger partial charge in [-0.3, -0.25) is 4.98 Å². The molecule has 0 amide bonds. The molecule has 0 aliphatic carbocycles. The Morgan fingerprint density at radius 3 is 2.50 bits per heavy atom. The van der Waals surface area contributed by atoms with E-state index >= 15 is 0 Å². The number of carbonyl (C=O) groups is 2. The topological polar surface area (TPSA) is 103 Å². The van der Waals surface area contributed by atoms with E-state index in [0.29, 0.717) is 5.56 Å². The number of carboxylic acids is 1. The zero-order chi connectivity index (χ0) is 13.9. The predicted octanol–water partition coefficient (Wildman–Crippen LogP) is 1.12. The van der Waals surface area contributed by atoms with Gasteiger partial charge in [0.15, 0.2) is 0 Å². The van der Waals surface area contributed by atoms with Crippen molar-refractivity contribution in [3.63, 3.8) is 0 Å². The summed E-state index contributed by atoms with van der Waals surface area (Å²) in [5.41, 5.74) is 5.35. The molecule has 1 atom stereocenters. The van der Waals surface area contributed by atoms with Gasteiger partial charge in [-0.1, -0.05) is 0 Å². The summed E-state index contributed by atoms with van der Waals surface area (Å²) in [7, 11) is 0. The van der Waals surface area contributed by atoms with E-state index in [4.69, 9.17) is 15.6 Å². The third kappa shape index (κ3) is 3.81. The van der Waals surface area contributed by atoms with Crippen molar-refractivity contribution in [1.29, 1.82) is 0 Å². The molecule has 18 heavy (non-hydrogen) atoms. The molecule has 0 aromatic carbocycles. The minimum Gasteiger partial charge on any atom is -0.478 e. The Morgan fingerprint density at radius 1 is 1.39 bits per heavy atom. The Hall–Kier alpha value is -1.95. The molecular weight excluding hydrogens is 236 g/mol. The van der Waals surface area contributed by atoms with Gasteiger partial charge in [0.25, 0.3) is 0 Å². The van der Waals surface area contributed by atoms with Crippen LogP contribution < -0.4 is 5.73 Å². The minimum absolute atomic E-state index is 0.0218. The number of aromatic nitrogens is 1. The highest BCUT2D eigenvalue weighted by molar-refractivity contribution is 5.88. The smallest absolute Gasteiger partial charge is 0.337 e. The van der Waals surface area contributed by atoms with E-state index in [1.807, 2.05) is 0 Å². The second-order valence-electron chi connectivity index (χ2n) is 4.82. The van der Waals surface area contributed by atoms with Crippen LogP contribution in [0.2, 0.25) is 0 Å². The number of pyridine rings is 1. The highest BCUT2D eigenvalue weighted by Crippen LogP contribution is 2.16. The number of carbonyl (C=O) groups excluding carboxylic acids is 1. The lowest BCUT2D eigenvalue weighted by molar-refractivity contribution is -0.156. The summed E-state index contributed by atoms with van der Waals surface area (Å²) in [6, 6.07) is 0.264. The number of esters is 1. The van der Waals surface area contributed by atoms with Crippen LogP contribution in [0.5, 0.6) is 0 Å². The van der Waals surface area contributed by atoms with Crippen LogP contribution in [0.25, 0.3) is 0 Å². The SMILES string of the molecule is CC(C)(C)OC(=O)C(N)c1cncc(C(=O)O)c1. The maximum atomic E-state index is 11.7. The second-order valence-corrected chi connectivity index (χ2v) is 4.82. The molecule has 0 aliphatic rings. The maximum absolute atomic E-state index is 11.7. The number of rotatable bonds is 3. The molecule has 1 unspecified atom stereocenters. The first-order chi connectivity index (χ1) is 8.20. The maximum Gasteiger partial charge on any atom is 0.337 e. The highest BCUT2D eigenvalue weighted by atomic mass is 16.6. The Kier molecular flexibility index (Phi) is 4.03. The summed E-state index contributed by atoms with van der Waals surface area (Å²) < 4.78 is 5.12. The average Bonchev–Trinajstić information content (AvgIpc) is 2.26. The average molecular weight is 252 g/mol. The molecule has 0 bridgehead atoms. The first-order valence-corrected chi connectivity index (χ1v) is 5.37. The summed E-state index contributed by atoms with van der Waals surface area (Å²) in [6.07, 6.45) is 2.54. The van der Waals surface area contributed by atoms with E-state index in [1.54, 1.807) is 20.8 Å². The van der Waals surface area contributed by atoms with E-state index < -0.39 is 23.6 Å².